The highest BCUT2D eigenvalue weighted by atomic mass is 32.2. The number of hydrogen-bond acceptors (Lipinski definition) is 3. The maximum Gasteiger partial charge on any atom is 0.261 e. The molecule has 138 valence electrons. The minimum atomic E-state index is -3.82. The summed E-state index contributed by atoms with van der Waals surface area (Å²) in [4.78, 5) is 12.1. The van der Waals surface area contributed by atoms with E-state index in [0.717, 1.165) is 11.1 Å². The van der Waals surface area contributed by atoms with Crippen LogP contribution in [0, 0.1) is 6.92 Å². The number of nitrogens with one attached hydrogen (secondary N) is 2. The van der Waals surface area contributed by atoms with Gasteiger partial charge in [0.2, 0.25) is 0 Å². The summed E-state index contributed by atoms with van der Waals surface area (Å²) < 4.78 is 28.4. The first kappa shape index (κ1) is 19.7. The van der Waals surface area contributed by atoms with Gasteiger partial charge in [0.1, 0.15) is 0 Å². The van der Waals surface area contributed by atoms with Crippen molar-refractivity contribution in [1.82, 2.24) is 5.32 Å². The van der Waals surface area contributed by atoms with Gasteiger partial charge in [-0.2, -0.15) is 0 Å². The van der Waals surface area contributed by atoms with E-state index >= 15 is 0 Å². The molecule has 0 aliphatic rings. The van der Waals surface area contributed by atoms with Crippen molar-refractivity contribution in [3.8, 4) is 0 Å². The molecule has 0 unspecified atom stereocenters. The van der Waals surface area contributed by atoms with Crippen LogP contribution in [0.2, 0.25) is 0 Å². The lowest BCUT2D eigenvalue weighted by molar-refractivity contribution is 0.0958. The normalized spacial score (nSPS) is 11.2. The van der Waals surface area contributed by atoms with Crippen molar-refractivity contribution in [2.24, 2.45) is 0 Å². The topological polar surface area (TPSA) is 75.3 Å². The van der Waals surface area contributed by atoms with Crippen LogP contribution < -0.4 is 10.0 Å². The summed E-state index contributed by atoms with van der Waals surface area (Å²) in [6.45, 7) is 9.74. The molecule has 0 saturated carbocycles. The number of amides is 1. The molecule has 0 fully saturated rings. The fraction of sp³-hybridized carbons (Fsp3) is 0.250. The Morgan fingerprint density at radius 1 is 1.19 bits per heavy atom. The molecule has 0 radical (unpaired) electrons. The smallest absolute Gasteiger partial charge is 0.261 e. The standard InChI is InChI=1S/C20H24N2O3S/c1-5-12-21-20(23)16-9-7-10-17(13-16)26(24,25)22-19-15(4)8-6-11-18(19)14(2)3/h5-11,13-14,22H,1,12H2,2-4H3,(H,21,23). The number of rotatable bonds is 7. The zero-order valence-electron chi connectivity index (χ0n) is 15.2. The van der Waals surface area contributed by atoms with Crippen molar-refractivity contribution in [3.63, 3.8) is 0 Å². The van der Waals surface area contributed by atoms with Gasteiger partial charge in [-0.25, -0.2) is 8.42 Å². The Kier molecular flexibility index (Phi) is 6.21. The fourth-order valence-electron chi connectivity index (χ4n) is 2.58. The summed E-state index contributed by atoms with van der Waals surface area (Å²) >= 11 is 0. The summed E-state index contributed by atoms with van der Waals surface area (Å²) in [6, 6.07) is 11.7. The summed E-state index contributed by atoms with van der Waals surface area (Å²) in [6.07, 6.45) is 1.56. The van der Waals surface area contributed by atoms with Crippen LogP contribution in [0.15, 0.2) is 60.0 Å². The average molecular weight is 372 g/mol. The van der Waals surface area contributed by atoms with Crippen molar-refractivity contribution in [2.45, 2.75) is 31.6 Å². The second-order valence-electron chi connectivity index (χ2n) is 6.33. The molecular formula is C20H24N2O3S. The second-order valence-corrected chi connectivity index (χ2v) is 8.01. The molecule has 0 spiro atoms. The van der Waals surface area contributed by atoms with E-state index in [-0.39, 0.29) is 22.3 Å². The highest BCUT2D eigenvalue weighted by molar-refractivity contribution is 7.92. The van der Waals surface area contributed by atoms with E-state index in [9.17, 15) is 13.2 Å². The van der Waals surface area contributed by atoms with Crippen molar-refractivity contribution in [2.75, 3.05) is 11.3 Å². The predicted molar refractivity (Wildman–Crippen MR) is 105 cm³/mol. The number of carbonyl (C=O) groups is 1. The van der Waals surface area contributed by atoms with Crippen molar-refractivity contribution >= 4 is 21.6 Å². The maximum atomic E-state index is 12.9. The fourth-order valence-corrected chi connectivity index (χ4v) is 3.78. The summed E-state index contributed by atoms with van der Waals surface area (Å²) in [5, 5.41) is 2.64. The molecule has 5 nitrogen and oxygen atoms in total. The minimum absolute atomic E-state index is 0.0433. The van der Waals surface area contributed by atoms with Gasteiger partial charge in [0.05, 0.1) is 10.6 Å². The van der Waals surface area contributed by atoms with Crippen molar-refractivity contribution in [1.29, 1.82) is 0 Å². The SMILES string of the molecule is C=CCNC(=O)c1cccc(S(=O)(=O)Nc2c(C)cccc2C(C)C)c1. The number of hydrogen-bond donors (Lipinski definition) is 2. The molecule has 26 heavy (non-hydrogen) atoms. The molecule has 1 amide bonds. The first-order chi connectivity index (χ1) is 12.3. The molecule has 2 rings (SSSR count). The average Bonchev–Trinajstić information content (AvgIpc) is 2.61. The molecule has 2 aromatic carbocycles. The van der Waals surface area contributed by atoms with Crippen molar-refractivity contribution in [3.05, 3.63) is 71.8 Å². The lowest BCUT2D eigenvalue weighted by atomic mass is 9.99. The van der Waals surface area contributed by atoms with E-state index in [1.807, 2.05) is 39.0 Å². The van der Waals surface area contributed by atoms with E-state index in [4.69, 9.17) is 0 Å². The Labute approximate surface area is 155 Å². The largest absolute Gasteiger partial charge is 0.349 e. The monoisotopic (exact) mass is 372 g/mol. The van der Waals surface area contributed by atoms with Gasteiger partial charge in [0.15, 0.2) is 0 Å². The van der Waals surface area contributed by atoms with Crippen LogP contribution in [-0.4, -0.2) is 20.9 Å². The van der Waals surface area contributed by atoms with Crippen molar-refractivity contribution < 1.29 is 13.2 Å². The Balaban J connectivity index is 2.38. The zero-order chi connectivity index (χ0) is 19.3. The van der Waals surface area contributed by atoms with Crippen LogP contribution in [-0.2, 0) is 10.0 Å². The van der Waals surface area contributed by atoms with E-state index in [2.05, 4.69) is 16.6 Å². The molecule has 0 aliphatic heterocycles. The summed E-state index contributed by atoms with van der Waals surface area (Å²) in [5.41, 5.74) is 2.64. The molecule has 0 aromatic heterocycles. The third-order valence-corrected chi connectivity index (χ3v) is 5.32. The third kappa shape index (κ3) is 4.52. The van der Waals surface area contributed by atoms with E-state index < -0.39 is 10.0 Å². The summed E-state index contributed by atoms with van der Waals surface area (Å²) in [5.74, 6) is -0.177. The Morgan fingerprint density at radius 2 is 1.88 bits per heavy atom. The molecule has 6 heteroatoms. The lowest BCUT2D eigenvalue weighted by Crippen LogP contribution is -2.23. The molecule has 0 saturated heterocycles. The van der Waals surface area contributed by atoms with E-state index in [1.54, 1.807) is 18.2 Å². The van der Waals surface area contributed by atoms with Crippen LogP contribution >= 0.6 is 0 Å². The molecule has 2 N–H and O–H groups in total. The second kappa shape index (κ2) is 8.19. The zero-order valence-corrected chi connectivity index (χ0v) is 16.1. The molecule has 2 aromatic rings. The van der Waals surface area contributed by atoms with Gasteiger partial charge < -0.3 is 5.32 Å². The summed E-state index contributed by atoms with van der Waals surface area (Å²) in [7, 11) is -3.82. The number of carbonyl (C=O) groups excluding carboxylic acids is 1. The molecule has 0 heterocycles. The molecule has 0 bridgehead atoms. The number of anilines is 1. The number of aryl methyl sites for hydroxylation is 1. The molecular weight excluding hydrogens is 348 g/mol. The highest BCUT2D eigenvalue weighted by Crippen LogP contribution is 2.29. The van der Waals surface area contributed by atoms with Gasteiger partial charge in [-0.15, -0.1) is 6.58 Å². The Bertz CT molecular complexity index is 918. The van der Waals surface area contributed by atoms with Gasteiger partial charge in [-0.1, -0.05) is 44.2 Å². The highest BCUT2D eigenvalue weighted by Gasteiger charge is 2.19. The van der Waals surface area contributed by atoms with Crippen LogP contribution in [0.1, 0.15) is 41.3 Å². The first-order valence-corrected chi connectivity index (χ1v) is 9.86. The van der Waals surface area contributed by atoms with E-state index in [0.29, 0.717) is 12.2 Å². The van der Waals surface area contributed by atoms with Gasteiger partial charge in [-0.3, -0.25) is 9.52 Å². The third-order valence-electron chi connectivity index (χ3n) is 3.98. The van der Waals surface area contributed by atoms with Crippen LogP contribution in [0.4, 0.5) is 5.69 Å². The number of para-hydroxylation sites is 1. The van der Waals surface area contributed by atoms with E-state index in [1.165, 1.54) is 12.1 Å². The predicted octanol–water partition coefficient (Wildman–Crippen LogP) is 3.84. The number of sulfonamides is 1. The van der Waals surface area contributed by atoms with Gasteiger partial charge in [0.25, 0.3) is 15.9 Å². The Morgan fingerprint density at radius 3 is 2.54 bits per heavy atom. The van der Waals surface area contributed by atoms with Gasteiger partial charge in [0, 0.05) is 12.1 Å². The maximum absolute atomic E-state index is 12.9. The number of benzene rings is 2. The van der Waals surface area contributed by atoms with Gasteiger partial charge in [-0.05, 0) is 42.2 Å². The lowest BCUT2D eigenvalue weighted by Gasteiger charge is -2.17. The van der Waals surface area contributed by atoms with Crippen LogP contribution in [0.25, 0.3) is 0 Å². The first-order valence-electron chi connectivity index (χ1n) is 8.37. The minimum Gasteiger partial charge on any atom is -0.349 e. The van der Waals surface area contributed by atoms with Gasteiger partial charge >= 0.3 is 0 Å². The Hall–Kier alpha value is -2.60. The quantitative estimate of drug-likeness (QED) is 0.725. The van der Waals surface area contributed by atoms with Crippen LogP contribution in [0.3, 0.4) is 0 Å². The van der Waals surface area contributed by atoms with Crippen LogP contribution in [0.5, 0.6) is 0 Å². The molecule has 0 aliphatic carbocycles. The molecule has 0 atom stereocenters.